The molecule has 126 valence electrons. The van der Waals surface area contributed by atoms with Crippen molar-refractivity contribution >= 4 is 16.0 Å². The van der Waals surface area contributed by atoms with Crippen molar-refractivity contribution in [3.63, 3.8) is 0 Å². The summed E-state index contributed by atoms with van der Waals surface area (Å²) >= 11 is 0. The van der Waals surface area contributed by atoms with Gasteiger partial charge in [0.1, 0.15) is 5.82 Å². The summed E-state index contributed by atoms with van der Waals surface area (Å²) in [6.45, 7) is 4.78. The van der Waals surface area contributed by atoms with Gasteiger partial charge in [0.15, 0.2) is 0 Å². The number of ether oxygens (including phenoxy) is 1. The van der Waals surface area contributed by atoms with Crippen LogP contribution in [0.25, 0.3) is 0 Å². The fraction of sp³-hybridized carbons (Fsp3) is 0.714. The molecule has 3 fully saturated rings. The number of aromatic nitrogens is 2. The quantitative estimate of drug-likeness (QED) is 0.733. The maximum Gasteiger partial charge on any atom is 0.282 e. The van der Waals surface area contributed by atoms with E-state index in [-0.39, 0.29) is 0 Å². The Labute approximate surface area is 136 Å². The smallest absolute Gasteiger partial charge is 0.282 e. The molecule has 0 aromatic carbocycles. The van der Waals surface area contributed by atoms with Gasteiger partial charge in [-0.05, 0) is 11.8 Å². The second-order valence-corrected chi connectivity index (χ2v) is 8.25. The number of fused-ring (bicyclic) bond motifs is 1. The lowest BCUT2D eigenvalue weighted by atomic mass is 10.0. The Bertz CT molecular complexity index is 636. The van der Waals surface area contributed by atoms with Crippen molar-refractivity contribution in [2.24, 2.45) is 11.8 Å². The van der Waals surface area contributed by atoms with E-state index in [2.05, 4.69) is 14.9 Å². The number of anilines is 1. The fourth-order valence-electron chi connectivity index (χ4n) is 3.72. The van der Waals surface area contributed by atoms with Crippen molar-refractivity contribution in [1.29, 1.82) is 0 Å². The highest BCUT2D eigenvalue weighted by Crippen LogP contribution is 2.34. The second-order valence-electron chi connectivity index (χ2n) is 6.32. The van der Waals surface area contributed by atoms with Crippen LogP contribution in [0.5, 0.6) is 0 Å². The lowest BCUT2D eigenvalue weighted by Gasteiger charge is -2.30. The Morgan fingerprint density at radius 3 is 2.30 bits per heavy atom. The first-order valence-electron chi connectivity index (χ1n) is 7.98. The van der Waals surface area contributed by atoms with Gasteiger partial charge in [-0.3, -0.25) is 4.98 Å². The van der Waals surface area contributed by atoms with Crippen LogP contribution < -0.4 is 4.90 Å². The molecule has 0 saturated carbocycles. The zero-order valence-corrected chi connectivity index (χ0v) is 13.7. The molecule has 1 aromatic heterocycles. The molecule has 0 N–H and O–H groups in total. The molecule has 0 aliphatic carbocycles. The molecule has 23 heavy (non-hydrogen) atoms. The number of morpholine rings is 1. The molecule has 9 heteroatoms. The molecule has 2 unspecified atom stereocenters. The Morgan fingerprint density at radius 1 is 1.00 bits per heavy atom. The first-order chi connectivity index (χ1) is 11.1. The number of nitrogens with zero attached hydrogens (tertiary/aromatic N) is 5. The average molecular weight is 339 g/mol. The third-order valence-electron chi connectivity index (χ3n) is 4.95. The Balaban J connectivity index is 1.42. The summed E-state index contributed by atoms with van der Waals surface area (Å²) in [6.07, 6.45) is 5.12. The molecule has 4 rings (SSSR count). The summed E-state index contributed by atoms with van der Waals surface area (Å²) in [7, 11) is -3.35. The monoisotopic (exact) mass is 339 g/mol. The zero-order chi connectivity index (χ0) is 15.9. The highest BCUT2D eigenvalue weighted by Gasteiger charge is 2.45. The van der Waals surface area contributed by atoms with Crippen molar-refractivity contribution in [3.05, 3.63) is 18.6 Å². The van der Waals surface area contributed by atoms with Crippen LogP contribution in [0.2, 0.25) is 0 Å². The van der Waals surface area contributed by atoms with Gasteiger partial charge < -0.3 is 9.64 Å². The van der Waals surface area contributed by atoms with E-state index in [0.717, 1.165) is 18.9 Å². The maximum atomic E-state index is 12.7. The average Bonchev–Trinajstić information content (AvgIpc) is 3.16. The molecular weight excluding hydrogens is 318 g/mol. The third-order valence-corrected chi connectivity index (χ3v) is 6.92. The second kappa shape index (κ2) is 5.97. The van der Waals surface area contributed by atoms with Gasteiger partial charge in [-0.25, -0.2) is 4.98 Å². The van der Waals surface area contributed by atoms with Gasteiger partial charge >= 0.3 is 0 Å². The van der Waals surface area contributed by atoms with Gasteiger partial charge in [-0.1, -0.05) is 0 Å². The van der Waals surface area contributed by atoms with Crippen molar-refractivity contribution in [2.45, 2.75) is 0 Å². The van der Waals surface area contributed by atoms with Crippen LogP contribution in [-0.2, 0) is 14.9 Å². The molecule has 3 aliphatic rings. The summed E-state index contributed by atoms with van der Waals surface area (Å²) in [6, 6.07) is 0. The summed E-state index contributed by atoms with van der Waals surface area (Å²) < 4.78 is 33.9. The standard InChI is InChI=1S/C14H21N5O3S/c20-23(21,18-3-5-22-6-4-18)19-10-12-8-17(9-13(12)11-19)14-7-15-1-2-16-14/h1-2,7,12-13H,3-6,8-11H2. The molecule has 0 spiro atoms. The number of hydrogen-bond donors (Lipinski definition) is 0. The molecule has 0 bridgehead atoms. The molecule has 4 heterocycles. The van der Waals surface area contributed by atoms with Gasteiger partial charge in [-0.15, -0.1) is 0 Å². The SMILES string of the molecule is O=S(=O)(N1CCOCC1)N1CC2CN(c3cnccn3)CC2C1. The Hall–Kier alpha value is -1.29. The van der Waals surface area contributed by atoms with Crippen molar-refractivity contribution < 1.29 is 13.2 Å². The highest BCUT2D eigenvalue weighted by molar-refractivity contribution is 7.86. The molecular formula is C14H21N5O3S. The molecule has 3 aliphatic heterocycles. The fourth-order valence-corrected chi connectivity index (χ4v) is 5.42. The predicted molar refractivity (Wildman–Crippen MR) is 84.1 cm³/mol. The third kappa shape index (κ3) is 2.82. The van der Waals surface area contributed by atoms with Crippen LogP contribution >= 0.6 is 0 Å². The first kappa shape index (κ1) is 15.3. The summed E-state index contributed by atoms with van der Waals surface area (Å²) in [4.78, 5) is 10.7. The minimum absolute atomic E-state index is 0.368. The minimum atomic E-state index is -3.35. The molecule has 0 radical (unpaired) electrons. The lowest BCUT2D eigenvalue weighted by molar-refractivity contribution is 0.0705. The maximum absolute atomic E-state index is 12.7. The number of rotatable bonds is 3. The lowest BCUT2D eigenvalue weighted by Crippen LogP contribution is -2.48. The molecule has 0 amide bonds. The van der Waals surface area contributed by atoms with Crippen LogP contribution in [0.15, 0.2) is 18.6 Å². The van der Waals surface area contributed by atoms with E-state index in [0.29, 0.717) is 51.2 Å². The minimum Gasteiger partial charge on any atom is -0.379 e. The van der Waals surface area contributed by atoms with Gasteiger partial charge in [0.2, 0.25) is 0 Å². The van der Waals surface area contributed by atoms with E-state index in [1.807, 2.05) is 0 Å². The van der Waals surface area contributed by atoms with E-state index in [4.69, 9.17) is 4.74 Å². The van der Waals surface area contributed by atoms with E-state index >= 15 is 0 Å². The van der Waals surface area contributed by atoms with E-state index in [1.165, 1.54) is 0 Å². The van der Waals surface area contributed by atoms with Gasteiger partial charge in [-0.2, -0.15) is 17.0 Å². The van der Waals surface area contributed by atoms with Crippen molar-refractivity contribution in [1.82, 2.24) is 18.6 Å². The Kier molecular flexibility index (Phi) is 3.96. The Morgan fingerprint density at radius 2 is 1.70 bits per heavy atom. The molecule has 1 aromatic rings. The largest absolute Gasteiger partial charge is 0.379 e. The van der Waals surface area contributed by atoms with Crippen molar-refractivity contribution in [3.8, 4) is 0 Å². The van der Waals surface area contributed by atoms with Gasteiger partial charge in [0, 0.05) is 51.7 Å². The van der Waals surface area contributed by atoms with E-state index < -0.39 is 10.2 Å². The highest BCUT2D eigenvalue weighted by atomic mass is 32.2. The normalized spacial score (nSPS) is 29.8. The van der Waals surface area contributed by atoms with E-state index in [9.17, 15) is 8.42 Å². The van der Waals surface area contributed by atoms with Crippen LogP contribution in [0.3, 0.4) is 0 Å². The van der Waals surface area contributed by atoms with E-state index in [1.54, 1.807) is 27.2 Å². The zero-order valence-electron chi connectivity index (χ0n) is 12.9. The van der Waals surface area contributed by atoms with Crippen LogP contribution in [0.4, 0.5) is 5.82 Å². The van der Waals surface area contributed by atoms with Gasteiger partial charge in [0.25, 0.3) is 10.2 Å². The summed E-state index contributed by atoms with van der Waals surface area (Å²) in [5.41, 5.74) is 0. The predicted octanol–water partition coefficient (Wildman–Crippen LogP) is -0.578. The molecule has 8 nitrogen and oxygen atoms in total. The number of hydrogen-bond acceptors (Lipinski definition) is 6. The molecule has 2 atom stereocenters. The van der Waals surface area contributed by atoms with Crippen LogP contribution in [-0.4, -0.2) is 79.5 Å². The first-order valence-corrected chi connectivity index (χ1v) is 9.38. The van der Waals surface area contributed by atoms with Crippen LogP contribution in [0.1, 0.15) is 0 Å². The topological polar surface area (TPSA) is 78.9 Å². The van der Waals surface area contributed by atoms with Gasteiger partial charge in [0.05, 0.1) is 19.4 Å². The van der Waals surface area contributed by atoms with Crippen LogP contribution in [0, 0.1) is 11.8 Å². The van der Waals surface area contributed by atoms with Crippen molar-refractivity contribution in [2.75, 3.05) is 57.4 Å². The summed E-state index contributed by atoms with van der Waals surface area (Å²) in [5, 5.41) is 0. The summed E-state index contributed by atoms with van der Waals surface area (Å²) in [5.74, 6) is 1.62. The molecule has 3 saturated heterocycles.